The first-order valence-electron chi connectivity index (χ1n) is 14.0. The van der Waals surface area contributed by atoms with Gasteiger partial charge in [0.25, 0.3) is 0 Å². The van der Waals surface area contributed by atoms with Gasteiger partial charge in [-0.2, -0.15) is 0 Å². The summed E-state index contributed by atoms with van der Waals surface area (Å²) in [4.78, 5) is 33.7. The summed E-state index contributed by atoms with van der Waals surface area (Å²) in [6.45, 7) is 2.07. The van der Waals surface area contributed by atoms with Crippen LogP contribution in [0.5, 0.6) is 0 Å². The molecule has 0 spiro atoms. The third kappa shape index (κ3) is 6.33. The molecule has 0 radical (unpaired) electrons. The molecule has 0 unspecified atom stereocenters. The average molecular weight is 657 g/mol. The SMILES string of the molecule is CCOC(=O)C1=C(C2CCN(S(=O)(=O)[C@H]3CC[C@H](C(=O)O)CC3)CC2)NC(c2nccs2)=N[C@H]1c1ccc(F)c(F)c1Cl. The molecule has 15 heteroatoms. The number of halogens is 3. The lowest BCUT2D eigenvalue weighted by Gasteiger charge is -2.38. The molecule has 232 valence electrons. The number of carboxylic acid groups (broad SMARTS) is 1. The number of hydrogen-bond donors (Lipinski definition) is 2. The highest BCUT2D eigenvalue weighted by atomic mass is 35.5. The number of nitrogens with one attached hydrogen (secondary N) is 1. The van der Waals surface area contributed by atoms with Crippen molar-refractivity contribution in [3.8, 4) is 0 Å². The maximum Gasteiger partial charge on any atom is 0.338 e. The minimum atomic E-state index is -3.66. The molecule has 3 aliphatic rings. The number of rotatable bonds is 8. The van der Waals surface area contributed by atoms with Gasteiger partial charge in [0.05, 0.1) is 28.4 Å². The van der Waals surface area contributed by atoms with Gasteiger partial charge in [0, 0.05) is 41.8 Å². The standard InChI is InChI=1S/C28H31ClF2N4O6S2/c1-2-41-28(38)20-23(15-9-12-35(13-10-15)43(39,40)17-5-3-16(4-6-17)27(36)37)33-25(26-32-11-14-42-26)34-24(20)18-7-8-19(30)22(31)21(18)29/h7-8,11,14-17,24H,2-6,9-10,12-13H2,1H3,(H,33,34)(H,36,37)/t16-,17-,24-/m0/s1. The van der Waals surface area contributed by atoms with Gasteiger partial charge in [-0.3, -0.25) is 9.79 Å². The molecule has 2 aromatic rings. The van der Waals surface area contributed by atoms with Crippen molar-refractivity contribution in [2.75, 3.05) is 19.7 Å². The Morgan fingerprint density at radius 2 is 1.86 bits per heavy atom. The first-order valence-corrected chi connectivity index (χ1v) is 16.8. The van der Waals surface area contributed by atoms with E-state index in [9.17, 15) is 31.9 Å². The molecular formula is C28H31ClF2N4O6S2. The zero-order chi connectivity index (χ0) is 30.9. The fourth-order valence-corrected chi connectivity index (χ4v) is 8.82. The van der Waals surface area contributed by atoms with Crippen molar-refractivity contribution in [1.82, 2.24) is 14.6 Å². The zero-order valence-electron chi connectivity index (χ0n) is 23.3. The number of esters is 1. The van der Waals surface area contributed by atoms with E-state index in [-0.39, 0.29) is 36.8 Å². The number of ether oxygens (including phenoxy) is 1. The van der Waals surface area contributed by atoms with Gasteiger partial charge in [0.15, 0.2) is 22.5 Å². The predicted molar refractivity (Wildman–Crippen MR) is 156 cm³/mol. The summed E-state index contributed by atoms with van der Waals surface area (Å²) >= 11 is 7.55. The van der Waals surface area contributed by atoms with E-state index in [1.54, 1.807) is 18.5 Å². The number of aliphatic carboxylic acids is 1. The fraction of sp³-hybridized carbons (Fsp3) is 0.500. The summed E-state index contributed by atoms with van der Waals surface area (Å²) < 4.78 is 62.4. The fourth-order valence-electron chi connectivity index (χ4n) is 5.96. The molecule has 2 N–H and O–H groups in total. The Morgan fingerprint density at radius 1 is 1.16 bits per heavy atom. The molecular weight excluding hydrogens is 626 g/mol. The Labute approximate surface area is 256 Å². The number of nitrogens with zero attached hydrogens (tertiary/aromatic N) is 3. The molecule has 43 heavy (non-hydrogen) atoms. The number of thiazole rings is 1. The summed E-state index contributed by atoms with van der Waals surface area (Å²) in [7, 11) is -3.66. The first kappa shape index (κ1) is 31.5. The third-order valence-electron chi connectivity index (χ3n) is 8.23. The molecule has 1 aromatic carbocycles. The average Bonchev–Trinajstić information content (AvgIpc) is 3.55. The number of allylic oxidation sites excluding steroid dienone is 1. The van der Waals surface area contributed by atoms with Gasteiger partial charge < -0.3 is 15.2 Å². The van der Waals surface area contributed by atoms with Crippen LogP contribution in [0.2, 0.25) is 5.02 Å². The molecule has 10 nitrogen and oxygen atoms in total. The van der Waals surface area contributed by atoms with Crippen molar-refractivity contribution in [3.05, 3.63) is 62.2 Å². The van der Waals surface area contributed by atoms with E-state index >= 15 is 0 Å². The van der Waals surface area contributed by atoms with Crippen LogP contribution in [-0.4, -0.2) is 65.5 Å². The van der Waals surface area contributed by atoms with E-state index in [0.29, 0.717) is 55.1 Å². The topological polar surface area (TPSA) is 138 Å². The molecule has 0 amide bonds. The van der Waals surface area contributed by atoms with E-state index in [0.717, 1.165) is 6.07 Å². The van der Waals surface area contributed by atoms with E-state index in [2.05, 4.69) is 15.3 Å². The molecule has 1 saturated heterocycles. The van der Waals surface area contributed by atoms with Crippen LogP contribution in [-0.2, 0) is 24.3 Å². The largest absolute Gasteiger partial charge is 0.481 e. The second-order valence-electron chi connectivity index (χ2n) is 10.7. The highest BCUT2D eigenvalue weighted by molar-refractivity contribution is 7.89. The Balaban J connectivity index is 1.46. The molecule has 1 aliphatic carbocycles. The number of carbonyl (C=O) groups excluding carboxylic acids is 1. The van der Waals surface area contributed by atoms with Crippen LogP contribution in [0.25, 0.3) is 0 Å². The van der Waals surface area contributed by atoms with Crippen LogP contribution in [0.3, 0.4) is 0 Å². The molecule has 1 saturated carbocycles. The monoisotopic (exact) mass is 656 g/mol. The van der Waals surface area contributed by atoms with Gasteiger partial charge in [-0.25, -0.2) is 31.3 Å². The number of aromatic nitrogens is 1. The lowest BCUT2D eigenvalue weighted by molar-refractivity contribution is -0.142. The van der Waals surface area contributed by atoms with Crippen LogP contribution in [0.1, 0.15) is 62.1 Å². The Bertz CT molecular complexity index is 1550. The molecule has 2 aliphatic heterocycles. The number of amidine groups is 1. The van der Waals surface area contributed by atoms with Crippen LogP contribution >= 0.6 is 22.9 Å². The highest BCUT2D eigenvalue weighted by Crippen LogP contribution is 2.41. The lowest BCUT2D eigenvalue weighted by atomic mass is 9.86. The normalized spacial score (nSPS) is 23.9. The number of piperidine rings is 1. The third-order valence-corrected chi connectivity index (χ3v) is 11.8. The second kappa shape index (κ2) is 13.0. The van der Waals surface area contributed by atoms with Crippen molar-refractivity contribution in [2.45, 2.75) is 56.7 Å². The van der Waals surface area contributed by atoms with Gasteiger partial charge in [-0.05, 0) is 51.5 Å². The van der Waals surface area contributed by atoms with E-state index in [4.69, 9.17) is 16.3 Å². The van der Waals surface area contributed by atoms with Gasteiger partial charge in [0.1, 0.15) is 6.04 Å². The van der Waals surface area contributed by atoms with Crippen LogP contribution < -0.4 is 5.32 Å². The minimum Gasteiger partial charge on any atom is -0.481 e. The number of aliphatic imine (C=N–C) groups is 1. The summed E-state index contributed by atoms with van der Waals surface area (Å²) in [6.07, 6.45) is 3.54. The van der Waals surface area contributed by atoms with Crippen LogP contribution in [0.4, 0.5) is 8.78 Å². The number of benzene rings is 1. The maximum absolute atomic E-state index is 14.6. The smallest absolute Gasteiger partial charge is 0.338 e. The van der Waals surface area contributed by atoms with E-state index in [1.165, 1.54) is 21.7 Å². The molecule has 5 rings (SSSR count). The van der Waals surface area contributed by atoms with E-state index < -0.39 is 55.8 Å². The number of carbonyl (C=O) groups is 2. The van der Waals surface area contributed by atoms with Gasteiger partial charge in [-0.15, -0.1) is 11.3 Å². The van der Waals surface area contributed by atoms with Crippen molar-refractivity contribution >= 4 is 50.7 Å². The van der Waals surface area contributed by atoms with E-state index in [1.807, 2.05) is 0 Å². The van der Waals surface area contributed by atoms with Gasteiger partial charge in [-0.1, -0.05) is 17.7 Å². The highest BCUT2D eigenvalue weighted by Gasteiger charge is 2.42. The Morgan fingerprint density at radius 3 is 2.47 bits per heavy atom. The molecule has 1 aromatic heterocycles. The molecule has 3 heterocycles. The zero-order valence-corrected chi connectivity index (χ0v) is 25.7. The number of sulfonamides is 1. The Hall–Kier alpha value is -2.94. The lowest BCUT2D eigenvalue weighted by Crippen LogP contribution is -2.46. The summed E-state index contributed by atoms with van der Waals surface area (Å²) in [6, 6.07) is 1.07. The van der Waals surface area contributed by atoms with Crippen molar-refractivity contribution < 1.29 is 36.6 Å². The quantitative estimate of drug-likeness (QED) is 0.309. The first-order chi connectivity index (χ1) is 20.5. The molecule has 1 atom stereocenters. The number of carboxylic acids is 1. The summed E-state index contributed by atoms with van der Waals surface area (Å²) in [5.41, 5.74) is 0.612. The summed E-state index contributed by atoms with van der Waals surface area (Å²) in [5.74, 6) is -4.54. The van der Waals surface area contributed by atoms with Gasteiger partial charge >= 0.3 is 11.9 Å². The molecule has 0 bridgehead atoms. The molecule has 2 fully saturated rings. The second-order valence-corrected chi connectivity index (χ2v) is 14.2. The van der Waals surface area contributed by atoms with Gasteiger partial charge in [0.2, 0.25) is 10.0 Å². The van der Waals surface area contributed by atoms with Crippen molar-refractivity contribution in [2.24, 2.45) is 16.8 Å². The predicted octanol–water partition coefficient (Wildman–Crippen LogP) is 4.67. The maximum atomic E-state index is 14.6. The summed E-state index contributed by atoms with van der Waals surface area (Å²) in [5, 5.41) is 13.6. The minimum absolute atomic E-state index is 0.0533. The van der Waals surface area contributed by atoms with Crippen molar-refractivity contribution in [3.63, 3.8) is 0 Å². The van der Waals surface area contributed by atoms with Crippen LogP contribution in [0.15, 0.2) is 40.0 Å². The van der Waals surface area contributed by atoms with Crippen molar-refractivity contribution in [1.29, 1.82) is 0 Å². The Kier molecular flexibility index (Phi) is 9.49. The number of hydrogen-bond acceptors (Lipinski definition) is 9. The van der Waals surface area contributed by atoms with Crippen LogP contribution in [0, 0.1) is 23.5 Å².